The number of thiophene rings is 1. The molecule has 0 aromatic carbocycles. The lowest BCUT2D eigenvalue weighted by atomic mass is 10.3. The van der Waals surface area contributed by atoms with Gasteiger partial charge in [0, 0.05) is 29.5 Å². The van der Waals surface area contributed by atoms with Crippen LogP contribution in [0.2, 0.25) is 0 Å². The van der Waals surface area contributed by atoms with Crippen LogP contribution in [-0.4, -0.2) is 15.9 Å². The van der Waals surface area contributed by atoms with Gasteiger partial charge < -0.3 is 11.1 Å². The van der Waals surface area contributed by atoms with Gasteiger partial charge in [0.05, 0.1) is 11.3 Å². The van der Waals surface area contributed by atoms with E-state index < -0.39 is 0 Å². The van der Waals surface area contributed by atoms with Gasteiger partial charge in [-0.2, -0.15) is 0 Å². The minimum Gasteiger partial charge on any atom is -0.366 e. The summed E-state index contributed by atoms with van der Waals surface area (Å²) in [5, 5.41) is 5.04. The first-order valence-corrected chi connectivity index (χ1v) is 6.39. The van der Waals surface area contributed by atoms with Crippen molar-refractivity contribution >= 4 is 17.2 Å². The smallest absolute Gasteiger partial charge is 0.249 e. The lowest BCUT2D eigenvalue weighted by Crippen LogP contribution is -2.13. The molecule has 94 valence electrons. The number of carbonyl (C=O) groups excluding carboxylic acids is 1. The number of rotatable bonds is 5. The molecule has 0 unspecified atom stereocenters. The van der Waals surface area contributed by atoms with Crippen molar-refractivity contribution in [2.24, 2.45) is 5.73 Å². The Morgan fingerprint density at radius 1 is 1.50 bits per heavy atom. The highest BCUT2D eigenvalue weighted by atomic mass is 32.1. The van der Waals surface area contributed by atoms with Gasteiger partial charge in [-0.3, -0.25) is 4.79 Å². The van der Waals surface area contributed by atoms with Crippen LogP contribution in [0.3, 0.4) is 0 Å². The van der Waals surface area contributed by atoms with E-state index in [0.717, 1.165) is 16.4 Å². The summed E-state index contributed by atoms with van der Waals surface area (Å²) in [6.45, 7) is 3.23. The van der Waals surface area contributed by atoms with Crippen molar-refractivity contribution in [3.63, 3.8) is 0 Å². The number of aryl methyl sites for hydroxylation is 1. The third-order valence-corrected chi connectivity index (χ3v) is 3.31. The van der Waals surface area contributed by atoms with E-state index in [1.807, 2.05) is 19.1 Å². The molecule has 0 spiro atoms. The third-order valence-electron chi connectivity index (χ3n) is 2.38. The van der Waals surface area contributed by atoms with Gasteiger partial charge in [0.1, 0.15) is 5.82 Å². The fourth-order valence-electron chi connectivity index (χ4n) is 1.52. The second-order valence-electron chi connectivity index (χ2n) is 3.86. The molecule has 6 heteroatoms. The maximum Gasteiger partial charge on any atom is 0.249 e. The Hall–Kier alpha value is -1.79. The minimum atomic E-state index is -0.385. The molecule has 0 saturated heterocycles. The number of nitrogens with two attached hydrogens (primary N) is 1. The number of primary amides is 1. The van der Waals surface area contributed by atoms with Crippen LogP contribution in [0.15, 0.2) is 23.7 Å². The van der Waals surface area contributed by atoms with E-state index in [1.54, 1.807) is 11.6 Å². The quantitative estimate of drug-likeness (QED) is 0.849. The summed E-state index contributed by atoms with van der Waals surface area (Å²) in [7, 11) is 0. The van der Waals surface area contributed by atoms with Crippen LogP contribution in [0.1, 0.15) is 26.8 Å². The molecule has 3 N–H and O–H groups in total. The molecule has 2 aromatic heterocycles. The lowest BCUT2D eigenvalue weighted by molar-refractivity contribution is 0.100. The van der Waals surface area contributed by atoms with Gasteiger partial charge in [0.2, 0.25) is 5.91 Å². The SMILES string of the molecule is Cc1nccc(CNCc2cc(C(N)=O)cs2)n1. The first-order chi connectivity index (χ1) is 8.65. The van der Waals surface area contributed by atoms with E-state index in [0.29, 0.717) is 18.7 Å². The standard InChI is InChI=1S/C12H14N4OS/c1-8-15-3-2-10(16-8)5-14-6-11-4-9(7-18-11)12(13)17/h2-4,7,14H,5-6H2,1H3,(H2,13,17). The predicted molar refractivity (Wildman–Crippen MR) is 70.1 cm³/mol. The molecular formula is C12H14N4OS. The zero-order valence-corrected chi connectivity index (χ0v) is 10.8. The number of aromatic nitrogens is 2. The van der Waals surface area contributed by atoms with Gasteiger partial charge in [0.15, 0.2) is 0 Å². The first kappa shape index (κ1) is 12.7. The number of nitrogens with one attached hydrogen (secondary N) is 1. The van der Waals surface area contributed by atoms with E-state index in [4.69, 9.17) is 5.73 Å². The molecule has 1 amide bonds. The highest BCUT2D eigenvalue weighted by Gasteiger charge is 2.04. The van der Waals surface area contributed by atoms with E-state index in [2.05, 4.69) is 15.3 Å². The fraction of sp³-hybridized carbons (Fsp3) is 0.250. The molecule has 0 radical (unpaired) electrons. The number of hydrogen-bond donors (Lipinski definition) is 2. The molecule has 0 saturated carbocycles. The zero-order valence-electron chi connectivity index (χ0n) is 10.0. The molecule has 0 aliphatic rings. The van der Waals surface area contributed by atoms with Gasteiger partial charge in [-0.05, 0) is 19.1 Å². The van der Waals surface area contributed by atoms with Crippen LogP contribution in [0.5, 0.6) is 0 Å². The summed E-state index contributed by atoms with van der Waals surface area (Å²) in [5.41, 5.74) is 6.71. The van der Waals surface area contributed by atoms with Crippen molar-refractivity contribution in [1.82, 2.24) is 15.3 Å². The van der Waals surface area contributed by atoms with Crippen LogP contribution in [0.25, 0.3) is 0 Å². The van der Waals surface area contributed by atoms with E-state index in [1.165, 1.54) is 11.3 Å². The van der Waals surface area contributed by atoms with Crippen LogP contribution in [-0.2, 0) is 13.1 Å². The summed E-state index contributed by atoms with van der Waals surface area (Å²) in [5.74, 6) is 0.380. The fourth-order valence-corrected chi connectivity index (χ4v) is 2.36. The molecule has 2 heterocycles. The Bertz CT molecular complexity index is 553. The molecule has 2 rings (SSSR count). The zero-order chi connectivity index (χ0) is 13.0. The monoisotopic (exact) mass is 262 g/mol. The Morgan fingerprint density at radius 3 is 3.00 bits per heavy atom. The van der Waals surface area contributed by atoms with E-state index in [-0.39, 0.29) is 5.91 Å². The van der Waals surface area contributed by atoms with Crippen molar-refractivity contribution in [2.45, 2.75) is 20.0 Å². The number of carbonyl (C=O) groups is 1. The van der Waals surface area contributed by atoms with Crippen molar-refractivity contribution in [2.75, 3.05) is 0 Å². The molecule has 0 atom stereocenters. The summed E-state index contributed by atoms with van der Waals surface area (Å²) >= 11 is 1.52. The summed E-state index contributed by atoms with van der Waals surface area (Å²) in [6, 6.07) is 3.69. The molecule has 18 heavy (non-hydrogen) atoms. The average Bonchev–Trinajstić information content (AvgIpc) is 2.78. The molecule has 0 aliphatic heterocycles. The number of hydrogen-bond acceptors (Lipinski definition) is 5. The number of nitrogens with zero attached hydrogens (tertiary/aromatic N) is 2. The molecule has 0 bridgehead atoms. The maximum absolute atomic E-state index is 10.9. The molecule has 2 aromatic rings. The van der Waals surface area contributed by atoms with Crippen molar-refractivity contribution < 1.29 is 4.79 Å². The second kappa shape index (κ2) is 5.70. The lowest BCUT2D eigenvalue weighted by Gasteiger charge is -2.02. The van der Waals surface area contributed by atoms with Gasteiger partial charge in [-0.15, -0.1) is 11.3 Å². The summed E-state index contributed by atoms with van der Waals surface area (Å²) in [4.78, 5) is 20.4. The Kier molecular flexibility index (Phi) is 4.01. The Balaban J connectivity index is 1.86. The third kappa shape index (κ3) is 3.35. The van der Waals surface area contributed by atoms with Crippen molar-refractivity contribution in [3.05, 3.63) is 45.7 Å². The Labute approximate surface area is 109 Å². The van der Waals surface area contributed by atoms with Crippen molar-refractivity contribution in [1.29, 1.82) is 0 Å². The largest absolute Gasteiger partial charge is 0.366 e. The first-order valence-electron chi connectivity index (χ1n) is 5.51. The average molecular weight is 262 g/mol. The van der Waals surface area contributed by atoms with Gasteiger partial charge in [0.25, 0.3) is 0 Å². The predicted octanol–water partition coefficient (Wildman–Crippen LogP) is 1.24. The summed E-state index contributed by atoms with van der Waals surface area (Å²) < 4.78 is 0. The van der Waals surface area contributed by atoms with Crippen LogP contribution in [0, 0.1) is 6.92 Å². The van der Waals surface area contributed by atoms with Crippen LogP contribution < -0.4 is 11.1 Å². The Morgan fingerprint density at radius 2 is 2.33 bits per heavy atom. The van der Waals surface area contributed by atoms with Crippen LogP contribution >= 0.6 is 11.3 Å². The molecule has 0 aliphatic carbocycles. The molecule has 0 fully saturated rings. The van der Waals surface area contributed by atoms with Crippen LogP contribution in [0.4, 0.5) is 0 Å². The summed E-state index contributed by atoms with van der Waals surface area (Å²) in [6.07, 6.45) is 1.75. The molecular weight excluding hydrogens is 248 g/mol. The van der Waals surface area contributed by atoms with Crippen molar-refractivity contribution in [3.8, 4) is 0 Å². The van der Waals surface area contributed by atoms with Gasteiger partial charge in [-0.25, -0.2) is 9.97 Å². The second-order valence-corrected chi connectivity index (χ2v) is 4.86. The van der Waals surface area contributed by atoms with Gasteiger partial charge in [-0.1, -0.05) is 0 Å². The molecule has 5 nitrogen and oxygen atoms in total. The van der Waals surface area contributed by atoms with E-state index in [9.17, 15) is 4.79 Å². The topological polar surface area (TPSA) is 80.9 Å². The normalized spacial score (nSPS) is 10.5. The minimum absolute atomic E-state index is 0.385. The van der Waals surface area contributed by atoms with E-state index >= 15 is 0 Å². The van der Waals surface area contributed by atoms with Gasteiger partial charge >= 0.3 is 0 Å². The number of amides is 1. The maximum atomic E-state index is 10.9. The highest BCUT2D eigenvalue weighted by Crippen LogP contribution is 2.13. The highest BCUT2D eigenvalue weighted by molar-refractivity contribution is 7.10.